The summed E-state index contributed by atoms with van der Waals surface area (Å²) in [5, 5.41) is -0.400. The molecule has 0 atom stereocenters. The van der Waals surface area contributed by atoms with Gasteiger partial charge in [0.05, 0.1) is 5.57 Å². The van der Waals surface area contributed by atoms with Crippen LogP contribution in [0.15, 0.2) is 92.6 Å². The Balaban J connectivity index is 0.000000203. The molecule has 6 aliphatic heterocycles. The fourth-order valence-electron chi connectivity index (χ4n) is 5.94. The van der Waals surface area contributed by atoms with Crippen molar-refractivity contribution in [2.45, 2.75) is 46.5 Å². The predicted octanol–water partition coefficient (Wildman–Crippen LogP) is 2.39. The molecule has 18 nitrogen and oxygen atoms in total. The zero-order chi connectivity index (χ0) is 47.8. The summed E-state index contributed by atoms with van der Waals surface area (Å²) in [7, 11) is 8.77. The Hall–Kier alpha value is -6.92. The maximum absolute atomic E-state index is 11.6. The molecule has 0 fully saturated rings. The third-order valence-electron chi connectivity index (χ3n) is 10.1. The van der Waals surface area contributed by atoms with E-state index in [0.29, 0.717) is 22.3 Å². The van der Waals surface area contributed by atoms with Crippen LogP contribution in [-0.4, -0.2) is 143 Å². The van der Waals surface area contributed by atoms with Gasteiger partial charge in [-0.25, -0.2) is 0 Å². The molecule has 6 heterocycles. The highest BCUT2D eigenvalue weighted by molar-refractivity contribution is 6.58. The summed E-state index contributed by atoms with van der Waals surface area (Å²) >= 11 is 10.7. The van der Waals surface area contributed by atoms with Crippen molar-refractivity contribution in [1.82, 2.24) is 29.4 Å². The highest BCUT2D eigenvalue weighted by Crippen LogP contribution is 2.32. The van der Waals surface area contributed by atoms with E-state index in [1.807, 2.05) is 30.3 Å². The van der Waals surface area contributed by atoms with Crippen molar-refractivity contribution in [3.8, 4) is 0 Å². The van der Waals surface area contributed by atoms with E-state index in [2.05, 4.69) is 0 Å². The van der Waals surface area contributed by atoms with Gasteiger partial charge in [0.25, 0.3) is 70.9 Å². The van der Waals surface area contributed by atoms with E-state index in [0.717, 1.165) is 66.9 Å². The van der Waals surface area contributed by atoms with Crippen LogP contribution in [0.25, 0.3) is 5.57 Å². The van der Waals surface area contributed by atoms with Crippen molar-refractivity contribution in [2.24, 2.45) is 0 Å². The van der Waals surface area contributed by atoms with Gasteiger partial charge in [0.1, 0.15) is 10.1 Å². The van der Waals surface area contributed by atoms with Crippen molar-refractivity contribution < 1.29 is 57.5 Å². The largest absolute Gasteiger partial charge is 0.279 e. The van der Waals surface area contributed by atoms with Crippen LogP contribution in [-0.2, 0) is 57.5 Å². The molecule has 1 aromatic rings. The predicted molar refractivity (Wildman–Crippen MR) is 227 cm³/mol. The molecule has 0 unspecified atom stereocenters. The number of rotatable bonds is 1. The Morgan fingerprint density at radius 1 is 0.413 bits per heavy atom. The van der Waals surface area contributed by atoms with E-state index in [9.17, 15) is 57.5 Å². The van der Waals surface area contributed by atoms with Gasteiger partial charge >= 0.3 is 0 Å². The van der Waals surface area contributed by atoms with Crippen LogP contribution in [0.5, 0.6) is 0 Å². The standard InChI is InChI=1S/C11H9NO2.C9H11NO2.C7H9NO2.C6H7NO2.C5H3Cl2NO2.C5H5NO2/c1-12-10(13)7-9(11(12)14)8-5-3-2-4-6-8;1-10-8(11)6-4-2-3-5-7(6)9(10)12;1-4-5(2)7(10)8(3)6(4)9;1-4-3-5(8)7(2)6(4)9;1-8-4(9)2(6)3(7)5(8)10;1-6-4(7)2-3-5(6)8/h2-7H,1H3;2-5H2,1H3;1-3H3;3H,1-2H3;1H3;2-3H,1H3. The highest BCUT2D eigenvalue weighted by atomic mass is 35.5. The maximum Gasteiger partial charge on any atom is 0.273 e. The van der Waals surface area contributed by atoms with Gasteiger partial charge < -0.3 is 0 Å². The normalized spacial score (nSPS) is 19.2. The van der Waals surface area contributed by atoms with Gasteiger partial charge in [-0.1, -0.05) is 53.5 Å². The summed E-state index contributed by atoms with van der Waals surface area (Å²) in [6, 6.07) is 9.18. The topological polar surface area (TPSA) is 224 Å². The Kier molecular flexibility index (Phi) is 17.0. The molecule has 7 aliphatic rings. The first-order valence-corrected chi connectivity index (χ1v) is 19.6. The minimum absolute atomic E-state index is 0.0744. The molecule has 0 spiro atoms. The van der Waals surface area contributed by atoms with E-state index < -0.39 is 11.8 Å². The fraction of sp³-hybridized carbons (Fsp3) is 0.302. The molecule has 0 bridgehead atoms. The van der Waals surface area contributed by atoms with Gasteiger partial charge in [0, 0.05) is 94.5 Å². The van der Waals surface area contributed by atoms with Gasteiger partial charge in [-0.05, 0) is 52.0 Å². The molecule has 63 heavy (non-hydrogen) atoms. The van der Waals surface area contributed by atoms with Crippen LogP contribution in [0.1, 0.15) is 52.0 Å². The zero-order valence-electron chi connectivity index (χ0n) is 35.9. The monoisotopic (exact) mass is 906 g/mol. The Morgan fingerprint density at radius 2 is 0.794 bits per heavy atom. The number of hydrogen-bond acceptors (Lipinski definition) is 12. The number of amides is 12. The molecular weight excluding hydrogens is 863 g/mol. The van der Waals surface area contributed by atoms with E-state index >= 15 is 0 Å². The van der Waals surface area contributed by atoms with E-state index in [4.69, 9.17) is 23.2 Å². The molecule has 0 aromatic heterocycles. The molecule has 0 radical (unpaired) electrons. The van der Waals surface area contributed by atoms with E-state index in [-0.39, 0.29) is 69.1 Å². The van der Waals surface area contributed by atoms with E-state index in [1.54, 1.807) is 27.8 Å². The first-order valence-electron chi connectivity index (χ1n) is 18.9. The minimum atomic E-state index is -0.545. The lowest BCUT2D eigenvalue weighted by Gasteiger charge is -2.08. The van der Waals surface area contributed by atoms with Crippen LogP contribution >= 0.6 is 23.2 Å². The van der Waals surface area contributed by atoms with Crippen molar-refractivity contribution in [3.05, 3.63) is 98.1 Å². The Morgan fingerprint density at radius 3 is 1.05 bits per heavy atom. The van der Waals surface area contributed by atoms with Crippen molar-refractivity contribution in [2.75, 3.05) is 42.3 Å². The second kappa shape index (κ2) is 21.2. The average molecular weight is 908 g/mol. The lowest BCUT2D eigenvalue weighted by Crippen LogP contribution is -2.26. The van der Waals surface area contributed by atoms with Gasteiger partial charge in [0.15, 0.2) is 0 Å². The maximum atomic E-state index is 11.6. The van der Waals surface area contributed by atoms with Crippen LogP contribution in [0.3, 0.4) is 0 Å². The second-order valence-corrected chi connectivity index (χ2v) is 15.0. The SMILES string of the molecule is CC1=C(C)C(=O)N(C)C1=O.CC1=CC(=O)N(C)C1=O.CN1C(=O)C(Cl)=C(Cl)C1=O.CN1C(=O)C2=C(CCCC2)C1=O.CN1C(=O)C=C(c2ccccc2)C1=O.CN1C(=O)C=CC1=O. The Labute approximate surface area is 372 Å². The third-order valence-corrected chi connectivity index (χ3v) is 10.9. The molecule has 0 saturated carbocycles. The molecule has 8 rings (SSSR count). The van der Waals surface area contributed by atoms with Crippen LogP contribution < -0.4 is 0 Å². The summed E-state index contributed by atoms with van der Waals surface area (Å²) < 4.78 is 0. The first kappa shape index (κ1) is 50.4. The number of carbonyl (C=O) groups is 12. The molecule has 1 aliphatic carbocycles. The molecule has 20 heteroatoms. The molecular formula is C43H44Cl2N6O12. The van der Waals surface area contributed by atoms with E-state index in [1.165, 1.54) is 64.4 Å². The molecule has 0 N–H and O–H groups in total. The third kappa shape index (κ3) is 11.3. The van der Waals surface area contributed by atoms with Gasteiger partial charge in [-0.2, -0.15) is 0 Å². The first-order chi connectivity index (χ1) is 29.4. The van der Waals surface area contributed by atoms with Crippen LogP contribution in [0.4, 0.5) is 0 Å². The Bertz CT molecular complexity index is 2280. The lowest BCUT2D eigenvalue weighted by molar-refractivity contribution is -0.137. The number of hydrogen-bond donors (Lipinski definition) is 0. The molecule has 12 amide bonds. The highest BCUT2D eigenvalue weighted by Gasteiger charge is 2.36. The summed E-state index contributed by atoms with van der Waals surface area (Å²) in [6.07, 6.45) is 8.90. The van der Waals surface area contributed by atoms with Crippen molar-refractivity contribution in [3.63, 3.8) is 0 Å². The summed E-state index contributed by atoms with van der Waals surface area (Å²) in [6.45, 7) is 4.96. The molecule has 0 saturated heterocycles. The number of nitrogens with zero attached hydrogens (tertiary/aromatic N) is 6. The summed E-state index contributed by atoms with van der Waals surface area (Å²) in [4.78, 5) is 138. The van der Waals surface area contributed by atoms with Crippen molar-refractivity contribution >= 4 is 99.7 Å². The number of halogens is 2. The molecule has 332 valence electrons. The van der Waals surface area contributed by atoms with Crippen LogP contribution in [0.2, 0.25) is 0 Å². The van der Waals surface area contributed by atoms with Crippen molar-refractivity contribution in [1.29, 1.82) is 0 Å². The zero-order valence-corrected chi connectivity index (χ0v) is 37.4. The molecule has 1 aromatic carbocycles. The van der Waals surface area contributed by atoms with Gasteiger partial charge in [-0.15, -0.1) is 0 Å². The second-order valence-electron chi connectivity index (χ2n) is 14.3. The minimum Gasteiger partial charge on any atom is -0.279 e. The number of imide groups is 6. The quantitative estimate of drug-likeness (QED) is 0.371. The lowest BCUT2D eigenvalue weighted by atomic mass is 9.93. The average Bonchev–Trinajstić information content (AvgIpc) is 3.97. The van der Waals surface area contributed by atoms with Gasteiger partial charge in [-0.3, -0.25) is 86.9 Å². The number of likely N-dealkylation sites (N-methyl/N-ethyl adjacent to an activating group) is 6. The van der Waals surface area contributed by atoms with Crippen LogP contribution in [0, 0.1) is 0 Å². The van der Waals surface area contributed by atoms with Gasteiger partial charge in [0.2, 0.25) is 0 Å². The number of carbonyl (C=O) groups excluding carboxylic acids is 12. The number of benzene rings is 1. The summed E-state index contributed by atoms with van der Waals surface area (Å²) in [5.74, 6) is -2.99. The fourth-order valence-corrected chi connectivity index (χ4v) is 6.35. The smallest absolute Gasteiger partial charge is 0.273 e. The summed E-state index contributed by atoms with van der Waals surface area (Å²) in [5.41, 5.74) is 4.44.